The molecule has 7 nitrogen and oxygen atoms in total. The fourth-order valence-electron chi connectivity index (χ4n) is 3.71. The first-order valence-corrected chi connectivity index (χ1v) is 9.40. The molecule has 7 heteroatoms. The zero-order valence-electron chi connectivity index (χ0n) is 16.4. The van der Waals surface area contributed by atoms with Crippen LogP contribution in [-0.2, 0) is 20.7 Å². The number of aryl methyl sites for hydroxylation is 2. The lowest BCUT2D eigenvalue weighted by Gasteiger charge is -2.30. The number of hydrogen-bond donors (Lipinski definition) is 0. The quantitative estimate of drug-likeness (QED) is 0.579. The molecule has 1 aliphatic heterocycles. The van der Waals surface area contributed by atoms with Crippen LogP contribution >= 0.6 is 0 Å². The van der Waals surface area contributed by atoms with E-state index < -0.39 is 5.63 Å². The number of rotatable bonds is 5. The largest absolute Gasteiger partial charge is 0.496 e. The van der Waals surface area contributed by atoms with Crippen molar-refractivity contribution in [1.29, 1.82) is 0 Å². The van der Waals surface area contributed by atoms with Crippen molar-refractivity contribution in [2.75, 3.05) is 27.3 Å². The number of benzene rings is 1. The smallest absolute Gasteiger partial charge is 0.336 e. The number of likely N-dealkylation sites (tertiary alicyclic amines) is 1. The monoisotopic (exact) mass is 387 g/mol. The first kappa shape index (κ1) is 19.9. The number of fused-ring (bicyclic) bond motifs is 1. The zero-order chi connectivity index (χ0) is 20.3. The Kier molecular flexibility index (Phi) is 6.02. The molecule has 0 saturated carbocycles. The van der Waals surface area contributed by atoms with E-state index in [-0.39, 0.29) is 17.8 Å². The molecule has 0 aliphatic carbocycles. The summed E-state index contributed by atoms with van der Waals surface area (Å²) in [6.07, 6.45) is 2.14. The van der Waals surface area contributed by atoms with Gasteiger partial charge in [0.25, 0.3) is 0 Å². The fraction of sp³-hybridized carbons (Fsp3) is 0.476. The van der Waals surface area contributed by atoms with Crippen molar-refractivity contribution in [2.24, 2.45) is 5.92 Å². The third-order valence-electron chi connectivity index (χ3n) is 5.34. The van der Waals surface area contributed by atoms with Crippen molar-refractivity contribution in [3.05, 3.63) is 39.7 Å². The summed E-state index contributed by atoms with van der Waals surface area (Å²) in [5, 5.41) is 0.835. The number of esters is 1. The normalized spacial score (nSPS) is 14.9. The molecule has 0 unspecified atom stereocenters. The maximum Gasteiger partial charge on any atom is 0.336 e. The lowest BCUT2D eigenvalue weighted by atomic mass is 9.96. The predicted molar refractivity (Wildman–Crippen MR) is 103 cm³/mol. The molecule has 28 heavy (non-hydrogen) atoms. The number of methoxy groups -OCH3 is 2. The summed E-state index contributed by atoms with van der Waals surface area (Å²) in [6.45, 7) is 2.99. The van der Waals surface area contributed by atoms with Crippen LogP contribution in [0.4, 0.5) is 0 Å². The van der Waals surface area contributed by atoms with Gasteiger partial charge in [-0.2, -0.15) is 0 Å². The van der Waals surface area contributed by atoms with E-state index in [1.807, 2.05) is 13.0 Å². The van der Waals surface area contributed by atoms with E-state index in [0.717, 1.165) is 16.5 Å². The number of carbonyl (C=O) groups is 2. The second-order valence-electron chi connectivity index (χ2n) is 7.09. The minimum atomic E-state index is -0.398. The van der Waals surface area contributed by atoms with Crippen molar-refractivity contribution in [2.45, 2.75) is 32.6 Å². The van der Waals surface area contributed by atoms with Gasteiger partial charge in [-0.3, -0.25) is 9.59 Å². The van der Waals surface area contributed by atoms with Crippen LogP contribution in [0.1, 0.15) is 30.4 Å². The van der Waals surface area contributed by atoms with Gasteiger partial charge >= 0.3 is 11.6 Å². The van der Waals surface area contributed by atoms with Gasteiger partial charge in [-0.05, 0) is 43.4 Å². The summed E-state index contributed by atoms with van der Waals surface area (Å²) in [5.74, 6) is 0.336. The molecule has 1 saturated heterocycles. The van der Waals surface area contributed by atoms with E-state index in [9.17, 15) is 14.4 Å². The number of piperidine rings is 1. The van der Waals surface area contributed by atoms with Gasteiger partial charge in [0.2, 0.25) is 5.91 Å². The highest BCUT2D eigenvalue weighted by Gasteiger charge is 2.27. The molecule has 1 aromatic heterocycles. The van der Waals surface area contributed by atoms with Crippen molar-refractivity contribution < 1.29 is 23.5 Å². The van der Waals surface area contributed by atoms with Gasteiger partial charge in [0.15, 0.2) is 0 Å². The first-order valence-electron chi connectivity index (χ1n) is 9.40. The van der Waals surface area contributed by atoms with Crippen LogP contribution in [-0.4, -0.2) is 44.1 Å². The van der Waals surface area contributed by atoms with Crippen molar-refractivity contribution >= 4 is 22.8 Å². The molecular formula is C21H25NO6. The SMILES string of the molecule is COC(=O)C1CCN(C(=O)CCc2cc3c(C)cc(=O)oc3cc2OC)CC1. The summed E-state index contributed by atoms with van der Waals surface area (Å²) in [7, 11) is 2.95. The molecule has 150 valence electrons. The van der Waals surface area contributed by atoms with Crippen LogP contribution in [0.3, 0.4) is 0 Å². The number of hydrogen-bond acceptors (Lipinski definition) is 6. The Morgan fingerprint density at radius 2 is 1.89 bits per heavy atom. The van der Waals surface area contributed by atoms with E-state index in [2.05, 4.69) is 0 Å². The molecule has 1 fully saturated rings. The third-order valence-corrected chi connectivity index (χ3v) is 5.34. The lowest BCUT2D eigenvalue weighted by molar-refractivity contribution is -0.148. The molecule has 1 amide bonds. The Hall–Kier alpha value is -2.83. The average Bonchev–Trinajstić information content (AvgIpc) is 2.70. The topological polar surface area (TPSA) is 86.0 Å². The van der Waals surface area contributed by atoms with E-state index in [1.165, 1.54) is 13.2 Å². The Labute approximate surface area is 163 Å². The van der Waals surface area contributed by atoms with Crippen molar-refractivity contribution in [3.63, 3.8) is 0 Å². The molecule has 3 rings (SSSR count). The summed E-state index contributed by atoms with van der Waals surface area (Å²) >= 11 is 0. The average molecular weight is 387 g/mol. The fourth-order valence-corrected chi connectivity index (χ4v) is 3.71. The number of nitrogens with zero attached hydrogens (tertiary/aromatic N) is 1. The molecule has 0 radical (unpaired) electrons. The van der Waals surface area contributed by atoms with Crippen LogP contribution in [0.2, 0.25) is 0 Å². The maximum absolute atomic E-state index is 12.6. The third kappa shape index (κ3) is 4.18. The molecule has 2 aromatic rings. The van der Waals surface area contributed by atoms with Crippen molar-refractivity contribution in [1.82, 2.24) is 4.90 Å². The van der Waals surface area contributed by atoms with Crippen LogP contribution < -0.4 is 10.4 Å². The second-order valence-corrected chi connectivity index (χ2v) is 7.09. The Morgan fingerprint density at radius 3 is 2.54 bits per heavy atom. The van der Waals surface area contributed by atoms with Gasteiger partial charge in [0.1, 0.15) is 11.3 Å². The van der Waals surface area contributed by atoms with Gasteiger partial charge in [0.05, 0.1) is 20.1 Å². The van der Waals surface area contributed by atoms with E-state index in [1.54, 1.807) is 18.1 Å². The number of ether oxygens (including phenoxy) is 2. The Morgan fingerprint density at radius 1 is 1.18 bits per heavy atom. The molecule has 0 atom stereocenters. The molecule has 0 N–H and O–H groups in total. The highest BCUT2D eigenvalue weighted by atomic mass is 16.5. The van der Waals surface area contributed by atoms with Crippen LogP contribution in [0.5, 0.6) is 5.75 Å². The minimum Gasteiger partial charge on any atom is -0.496 e. The van der Waals surface area contributed by atoms with Gasteiger partial charge in [-0.15, -0.1) is 0 Å². The van der Waals surface area contributed by atoms with Gasteiger partial charge in [-0.25, -0.2) is 4.79 Å². The van der Waals surface area contributed by atoms with E-state index in [4.69, 9.17) is 13.9 Å². The summed E-state index contributed by atoms with van der Waals surface area (Å²) in [5.41, 5.74) is 1.79. The standard InChI is InChI=1S/C21H25NO6/c1-13-10-20(24)28-18-12-17(26-2)15(11-16(13)18)4-5-19(23)22-8-6-14(7-9-22)21(25)27-3/h10-12,14H,4-9H2,1-3H3. The molecule has 0 bridgehead atoms. The highest BCUT2D eigenvalue weighted by molar-refractivity contribution is 5.83. The molecule has 0 spiro atoms. The molecular weight excluding hydrogens is 362 g/mol. The highest BCUT2D eigenvalue weighted by Crippen LogP contribution is 2.28. The molecule has 1 aliphatic rings. The number of amides is 1. The summed E-state index contributed by atoms with van der Waals surface area (Å²) < 4.78 is 15.5. The lowest BCUT2D eigenvalue weighted by Crippen LogP contribution is -2.40. The molecule has 1 aromatic carbocycles. The predicted octanol–water partition coefficient (Wildman–Crippen LogP) is 2.45. The summed E-state index contributed by atoms with van der Waals surface area (Å²) in [4.78, 5) is 37.6. The van der Waals surface area contributed by atoms with E-state index >= 15 is 0 Å². The van der Waals surface area contributed by atoms with E-state index in [0.29, 0.717) is 50.1 Å². The van der Waals surface area contributed by atoms with Crippen LogP contribution in [0.15, 0.2) is 27.4 Å². The maximum atomic E-state index is 12.6. The zero-order valence-corrected chi connectivity index (χ0v) is 16.4. The molecule has 2 heterocycles. The Balaban J connectivity index is 1.69. The van der Waals surface area contributed by atoms with Crippen LogP contribution in [0.25, 0.3) is 11.0 Å². The van der Waals surface area contributed by atoms with Gasteiger partial charge in [-0.1, -0.05) is 0 Å². The van der Waals surface area contributed by atoms with Gasteiger partial charge < -0.3 is 18.8 Å². The second kappa shape index (κ2) is 8.46. The van der Waals surface area contributed by atoms with Crippen LogP contribution in [0, 0.1) is 12.8 Å². The minimum absolute atomic E-state index is 0.0572. The Bertz CT molecular complexity index is 940. The summed E-state index contributed by atoms with van der Waals surface area (Å²) in [6, 6.07) is 5.07. The van der Waals surface area contributed by atoms with Gasteiger partial charge in [0, 0.05) is 37.0 Å². The van der Waals surface area contributed by atoms with Crippen molar-refractivity contribution in [3.8, 4) is 5.75 Å². The first-order chi connectivity index (χ1) is 13.4. The number of carbonyl (C=O) groups excluding carboxylic acids is 2.